The second-order valence-electron chi connectivity index (χ2n) is 4.52. The first-order valence-electron chi connectivity index (χ1n) is 6.19. The van der Waals surface area contributed by atoms with Gasteiger partial charge >= 0.3 is 0 Å². The number of nitrogen functional groups attached to an aromatic ring is 1. The van der Waals surface area contributed by atoms with Gasteiger partial charge in [0.1, 0.15) is 5.82 Å². The van der Waals surface area contributed by atoms with E-state index in [4.69, 9.17) is 17.3 Å². The van der Waals surface area contributed by atoms with Gasteiger partial charge in [-0.15, -0.1) is 5.10 Å². The van der Waals surface area contributed by atoms with E-state index in [1.807, 2.05) is 18.2 Å². The van der Waals surface area contributed by atoms with Gasteiger partial charge in [-0.1, -0.05) is 23.7 Å². The summed E-state index contributed by atoms with van der Waals surface area (Å²) >= 11 is 5.96. The molecule has 0 aliphatic rings. The molecule has 106 valence electrons. The average Bonchev–Trinajstić information content (AvgIpc) is 2.87. The van der Waals surface area contributed by atoms with Crippen LogP contribution in [-0.4, -0.2) is 20.2 Å². The molecule has 0 amide bonds. The van der Waals surface area contributed by atoms with Gasteiger partial charge in [-0.2, -0.15) is 0 Å². The van der Waals surface area contributed by atoms with Crippen molar-refractivity contribution in [3.63, 3.8) is 0 Å². The summed E-state index contributed by atoms with van der Waals surface area (Å²) in [4.78, 5) is 0. The van der Waals surface area contributed by atoms with E-state index in [0.29, 0.717) is 23.0 Å². The monoisotopic (exact) mass is 303 g/mol. The summed E-state index contributed by atoms with van der Waals surface area (Å²) in [6, 6.07) is 11.5. The van der Waals surface area contributed by atoms with Crippen LogP contribution >= 0.6 is 11.6 Å². The summed E-state index contributed by atoms with van der Waals surface area (Å²) in [7, 11) is 0. The van der Waals surface area contributed by atoms with Crippen molar-refractivity contribution in [1.82, 2.24) is 20.2 Å². The second kappa shape index (κ2) is 5.49. The first-order valence-corrected chi connectivity index (χ1v) is 6.57. The molecule has 0 aliphatic carbocycles. The summed E-state index contributed by atoms with van der Waals surface area (Å²) < 4.78 is 14.7. The van der Waals surface area contributed by atoms with Gasteiger partial charge in [0, 0.05) is 16.3 Å². The third-order valence-corrected chi connectivity index (χ3v) is 3.24. The van der Waals surface area contributed by atoms with Crippen molar-refractivity contribution in [3.05, 3.63) is 58.9 Å². The highest BCUT2D eigenvalue weighted by Crippen LogP contribution is 2.24. The molecule has 2 N–H and O–H groups in total. The maximum Gasteiger partial charge on any atom is 0.184 e. The Balaban J connectivity index is 1.97. The molecule has 0 fully saturated rings. The van der Waals surface area contributed by atoms with Crippen molar-refractivity contribution in [2.45, 2.75) is 6.54 Å². The van der Waals surface area contributed by atoms with E-state index in [0.717, 1.165) is 5.56 Å². The minimum absolute atomic E-state index is 0.289. The Bertz CT molecular complexity index is 787. The van der Waals surface area contributed by atoms with Gasteiger partial charge in [0.05, 0.1) is 6.54 Å². The molecule has 0 saturated carbocycles. The Hall–Kier alpha value is -2.47. The van der Waals surface area contributed by atoms with Crippen LogP contribution < -0.4 is 5.73 Å². The van der Waals surface area contributed by atoms with E-state index < -0.39 is 5.82 Å². The molecule has 0 bridgehead atoms. The van der Waals surface area contributed by atoms with E-state index >= 15 is 0 Å². The molecule has 0 spiro atoms. The van der Waals surface area contributed by atoms with Crippen molar-refractivity contribution in [3.8, 4) is 11.4 Å². The van der Waals surface area contributed by atoms with E-state index in [1.165, 1.54) is 12.1 Å². The number of benzene rings is 2. The van der Waals surface area contributed by atoms with E-state index in [2.05, 4.69) is 15.5 Å². The number of hydrogen-bond donors (Lipinski definition) is 1. The molecule has 21 heavy (non-hydrogen) atoms. The minimum Gasteiger partial charge on any atom is -0.398 e. The zero-order chi connectivity index (χ0) is 14.8. The molecule has 0 aliphatic heterocycles. The predicted octanol–water partition coefficient (Wildman–Crippen LogP) is 2.76. The summed E-state index contributed by atoms with van der Waals surface area (Å²) in [5, 5.41) is 12.2. The fourth-order valence-corrected chi connectivity index (χ4v) is 2.26. The quantitative estimate of drug-likeness (QED) is 0.755. The highest BCUT2D eigenvalue weighted by Gasteiger charge is 2.13. The van der Waals surface area contributed by atoms with Crippen LogP contribution in [0.25, 0.3) is 11.4 Å². The molecule has 0 radical (unpaired) electrons. The van der Waals surface area contributed by atoms with Gasteiger partial charge < -0.3 is 5.73 Å². The molecule has 7 heteroatoms. The second-order valence-corrected chi connectivity index (χ2v) is 4.96. The topological polar surface area (TPSA) is 69.6 Å². The molecule has 1 heterocycles. The lowest BCUT2D eigenvalue weighted by molar-refractivity contribution is 0.628. The Morgan fingerprint density at radius 1 is 1.19 bits per heavy atom. The van der Waals surface area contributed by atoms with E-state index in [1.54, 1.807) is 16.8 Å². The SMILES string of the molecule is Nc1cc(F)ccc1-c1nnnn1Cc1cccc(Cl)c1. The van der Waals surface area contributed by atoms with Crippen LogP contribution in [0.15, 0.2) is 42.5 Å². The van der Waals surface area contributed by atoms with Crippen LogP contribution in [0.3, 0.4) is 0 Å². The highest BCUT2D eigenvalue weighted by molar-refractivity contribution is 6.30. The number of nitrogens with two attached hydrogens (primary N) is 1. The van der Waals surface area contributed by atoms with Crippen LogP contribution in [0, 0.1) is 5.82 Å². The maximum atomic E-state index is 13.1. The van der Waals surface area contributed by atoms with E-state index in [-0.39, 0.29) is 5.69 Å². The van der Waals surface area contributed by atoms with Gasteiger partial charge in [0.15, 0.2) is 5.82 Å². The number of hydrogen-bond acceptors (Lipinski definition) is 4. The molecular formula is C14H11ClFN5. The van der Waals surface area contributed by atoms with Crippen molar-refractivity contribution in [1.29, 1.82) is 0 Å². The molecule has 0 saturated heterocycles. The molecule has 0 atom stereocenters. The number of anilines is 1. The third-order valence-electron chi connectivity index (χ3n) is 3.01. The summed E-state index contributed by atoms with van der Waals surface area (Å²) in [5.74, 6) is 0.0811. The largest absolute Gasteiger partial charge is 0.398 e. The standard InChI is InChI=1S/C14H11ClFN5/c15-10-3-1-2-9(6-10)8-21-14(18-19-20-21)12-5-4-11(16)7-13(12)17/h1-7H,8,17H2. The van der Waals surface area contributed by atoms with Crippen LogP contribution in [0.2, 0.25) is 5.02 Å². The molecule has 0 unspecified atom stereocenters. The molecule has 3 aromatic rings. The van der Waals surface area contributed by atoms with Crippen molar-refractivity contribution >= 4 is 17.3 Å². The number of aromatic nitrogens is 4. The Morgan fingerprint density at radius 3 is 2.81 bits per heavy atom. The Kier molecular flexibility index (Phi) is 3.53. The lowest BCUT2D eigenvalue weighted by Crippen LogP contribution is -2.05. The first kappa shape index (κ1) is 13.5. The first-order chi connectivity index (χ1) is 10.1. The van der Waals surface area contributed by atoms with Crippen molar-refractivity contribution < 1.29 is 4.39 Å². The fraction of sp³-hybridized carbons (Fsp3) is 0.0714. The van der Waals surface area contributed by atoms with E-state index in [9.17, 15) is 4.39 Å². The van der Waals surface area contributed by atoms with Crippen LogP contribution in [0.5, 0.6) is 0 Å². The normalized spacial score (nSPS) is 10.8. The van der Waals surface area contributed by atoms with Gasteiger partial charge in [0.25, 0.3) is 0 Å². The highest BCUT2D eigenvalue weighted by atomic mass is 35.5. The smallest absolute Gasteiger partial charge is 0.184 e. The van der Waals surface area contributed by atoms with Crippen LogP contribution in [0.1, 0.15) is 5.56 Å². The fourth-order valence-electron chi connectivity index (χ4n) is 2.05. The van der Waals surface area contributed by atoms with Crippen molar-refractivity contribution in [2.24, 2.45) is 0 Å². The maximum absolute atomic E-state index is 13.1. The lowest BCUT2D eigenvalue weighted by atomic mass is 10.1. The number of nitrogens with zero attached hydrogens (tertiary/aromatic N) is 4. The van der Waals surface area contributed by atoms with Crippen LogP contribution in [0.4, 0.5) is 10.1 Å². The van der Waals surface area contributed by atoms with Gasteiger partial charge in [-0.3, -0.25) is 0 Å². The third kappa shape index (κ3) is 2.85. The molecular weight excluding hydrogens is 293 g/mol. The van der Waals surface area contributed by atoms with Crippen LogP contribution in [-0.2, 0) is 6.54 Å². The summed E-state index contributed by atoms with van der Waals surface area (Å²) in [6.45, 7) is 0.444. The number of halogens is 2. The average molecular weight is 304 g/mol. The zero-order valence-electron chi connectivity index (χ0n) is 10.9. The van der Waals surface area contributed by atoms with Gasteiger partial charge in [0.2, 0.25) is 0 Å². The number of rotatable bonds is 3. The van der Waals surface area contributed by atoms with Gasteiger partial charge in [-0.05, 0) is 46.3 Å². The molecule has 3 rings (SSSR count). The molecule has 5 nitrogen and oxygen atoms in total. The van der Waals surface area contributed by atoms with Gasteiger partial charge in [-0.25, -0.2) is 9.07 Å². The summed E-state index contributed by atoms with van der Waals surface area (Å²) in [5.41, 5.74) is 7.66. The molecule has 1 aromatic heterocycles. The minimum atomic E-state index is -0.398. The summed E-state index contributed by atoms with van der Waals surface area (Å²) in [6.07, 6.45) is 0. The Labute approximate surface area is 125 Å². The Morgan fingerprint density at radius 2 is 2.05 bits per heavy atom. The number of tetrazole rings is 1. The lowest BCUT2D eigenvalue weighted by Gasteiger charge is -2.07. The molecule has 2 aromatic carbocycles. The van der Waals surface area contributed by atoms with Crippen molar-refractivity contribution in [2.75, 3.05) is 5.73 Å². The zero-order valence-corrected chi connectivity index (χ0v) is 11.6. The predicted molar refractivity (Wildman–Crippen MR) is 78.2 cm³/mol.